The van der Waals surface area contributed by atoms with E-state index in [-0.39, 0.29) is 17.5 Å². The molecule has 102 valence electrons. The Balaban J connectivity index is 2.52. The van der Waals surface area contributed by atoms with Crippen molar-refractivity contribution >= 4 is 28.2 Å². The molecule has 0 bridgehead atoms. The zero-order valence-corrected chi connectivity index (χ0v) is 10.8. The van der Waals surface area contributed by atoms with E-state index in [0.29, 0.717) is 10.8 Å². The van der Waals surface area contributed by atoms with Gasteiger partial charge in [-0.3, -0.25) is 0 Å². The fourth-order valence-electron chi connectivity index (χ4n) is 1.84. The highest BCUT2D eigenvalue weighted by Crippen LogP contribution is 2.29. The third-order valence-electron chi connectivity index (χ3n) is 2.67. The topological polar surface area (TPSA) is 29.0 Å². The van der Waals surface area contributed by atoms with Crippen LogP contribution >= 0.6 is 11.6 Å². The summed E-state index contributed by atoms with van der Waals surface area (Å²) in [4.78, 5) is 1.13. The molecular weight excluding hydrogens is 279 g/mol. The molecule has 1 heterocycles. The van der Waals surface area contributed by atoms with Crippen molar-refractivity contribution in [2.75, 3.05) is 18.0 Å². The first-order valence-electron chi connectivity index (χ1n) is 5.65. The average molecular weight is 290 g/mol. The quantitative estimate of drug-likeness (QED) is 0.863. The maximum absolute atomic E-state index is 12.5. The van der Waals surface area contributed by atoms with E-state index in [1.807, 2.05) is 0 Å². The number of nitrogens with zero attached hydrogens (tertiary/aromatic N) is 3. The maximum Gasteiger partial charge on any atom is 0.405 e. The van der Waals surface area contributed by atoms with E-state index in [4.69, 9.17) is 11.6 Å². The molecule has 0 aliphatic rings. The Hall–Kier alpha value is -1.56. The fourth-order valence-corrected chi connectivity index (χ4v) is 2.05. The van der Waals surface area contributed by atoms with Crippen LogP contribution in [-0.4, -0.2) is 29.5 Å². The Bertz CT molecular complexity index is 586. The van der Waals surface area contributed by atoms with Crippen LogP contribution in [0.2, 0.25) is 5.15 Å². The Morgan fingerprint density at radius 2 is 1.79 bits per heavy atom. The SMILES string of the molecule is CCN(CC(F)(F)F)c1nnc(Cl)c2ccccc12. The van der Waals surface area contributed by atoms with E-state index in [0.717, 1.165) is 4.90 Å². The van der Waals surface area contributed by atoms with Crippen LogP contribution in [0.1, 0.15) is 6.92 Å². The molecule has 0 spiro atoms. The molecule has 0 aliphatic carbocycles. The standard InChI is InChI=1S/C12H11ClF3N3/c1-2-19(7-12(14,15)16)11-9-6-4-3-5-8(9)10(13)17-18-11/h3-6H,2,7H2,1H3. The van der Waals surface area contributed by atoms with Crippen LogP contribution in [0.15, 0.2) is 24.3 Å². The van der Waals surface area contributed by atoms with Gasteiger partial charge in [-0.1, -0.05) is 35.9 Å². The molecule has 0 amide bonds. The minimum absolute atomic E-state index is 0.180. The van der Waals surface area contributed by atoms with E-state index in [1.165, 1.54) is 0 Å². The van der Waals surface area contributed by atoms with Crippen LogP contribution in [-0.2, 0) is 0 Å². The lowest BCUT2D eigenvalue weighted by Crippen LogP contribution is -2.34. The van der Waals surface area contributed by atoms with Gasteiger partial charge in [0.2, 0.25) is 0 Å². The first kappa shape index (κ1) is 13.9. The molecule has 1 aromatic carbocycles. The minimum Gasteiger partial charge on any atom is -0.346 e. The van der Waals surface area contributed by atoms with Crippen molar-refractivity contribution in [1.29, 1.82) is 0 Å². The van der Waals surface area contributed by atoms with Crippen LogP contribution in [0.5, 0.6) is 0 Å². The van der Waals surface area contributed by atoms with Crippen molar-refractivity contribution in [2.24, 2.45) is 0 Å². The maximum atomic E-state index is 12.5. The number of hydrogen-bond donors (Lipinski definition) is 0. The molecule has 0 atom stereocenters. The summed E-state index contributed by atoms with van der Waals surface area (Å²) >= 11 is 5.90. The van der Waals surface area contributed by atoms with Gasteiger partial charge in [-0.25, -0.2) is 0 Å². The second kappa shape index (κ2) is 5.21. The Labute approximate surface area is 113 Å². The fraction of sp³-hybridized carbons (Fsp3) is 0.333. The molecule has 1 aromatic heterocycles. The molecule has 3 nitrogen and oxygen atoms in total. The second-order valence-electron chi connectivity index (χ2n) is 3.99. The molecule has 7 heteroatoms. The highest BCUT2D eigenvalue weighted by Gasteiger charge is 2.31. The van der Waals surface area contributed by atoms with Crippen LogP contribution in [0.4, 0.5) is 19.0 Å². The van der Waals surface area contributed by atoms with Crippen molar-refractivity contribution in [3.05, 3.63) is 29.4 Å². The number of halogens is 4. The summed E-state index contributed by atoms with van der Waals surface area (Å²) in [5.74, 6) is 0.194. The van der Waals surface area contributed by atoms with Crippen LogP contribution in [0.3, 0.4) is 0 Å². The summed E-state index contributed by atoms with van der Waals surface area (Å²) < 4.78 is 37.6. The number of benzene rings is 1. The predicted molar refractivity (Wildman–Crippen MR) is 68.5 cm³/mol. The Morgan fingerprint density at radius 1 is 1.16 bits per heavy atom. The van der Waals surface area contributed by atoms with Crippen molar-refractivity contribution in [3.63, 3.8) is 0 Å². The number of alkyl halides is 3. The normalized spacial score (nSPS) is 11.8. The van der Waals surface area contributed by atoms with E-state index < -0.39 is 12.7 Å². The summed E-state index contributed by atoms with van der Waals surface area (Å²) in [5, 5.41) is 8.86. The highest BCUT2D eigenvalue weighted by molar-refractivity contribution is 6.34. The smallest absolute Gasteiger partial charge is 0.346 e. The van der Waals surface area contributed by atoms with E-state index in [9.17, 15) is 13.2 Å². The molecule has 0 N–H and O–H groups in total. The molecule has 19 heavy (non-hydrogen) atoms. The van der Waals surface area contributed by atoms with Crippen LogP contribution in [0, 0.1) is 0 Å². The molecular formula is C12H11ClF3N3. The number of aromatic nitrogens is 2. The molecule has 0 saturated heterocycles. The first-order chi connectivity index (χ1) is 8.92. The van der Waals surface area contributed by atoms with Crippen molar-refractivity contribution in [3.8, 4) is 0 Å². The van der Waals surface area contributed by atoms with Gasteiger partial charge >= 0.3 is 6.18 Å². The first-order valence-corrected chi connectivity index (χ1v) is 6.03. The van der Waals surface area contributed by atoms with Gasteiger partial charge in [-0.05, 0) is 6.92 Å². The summed E-state index contributed by atoms with van der Waals surface area (Å²) in [5.41, 5.74) is 0. The van der Waals surface area contributed by atoms with Crippen molar-refractivity contribution < 1.29 is 13.2 Å². The number of anilines is 1. The number of fused-ring (bicyclic) bond motifs is 1. The zero-order chi connectivity index (χ0) is 14.0. The van der Waals surface area contributed by atoms with E-state index in [1.54, 1.807) is 31.2 Å². The molecule has 2 aromatic rings. The predicted octanol–water partition coefficient (Wildman–Crippen LogP) is 3.67. The zero-order valence-electron chi connectivity index (χ0n) is 10.1. The lowest BCUT2D eigenvalue weighted by molar-refractivity contribution is -0.119. The lowest BCUT2D eigenvalue weighted by Gasteiger charge is -2.24. The molecule has 0 radical (unpaired) electrons. The monoisotopic (exact) mass is 289 g/mol. The molecule has 0 aliphatic heterocycles. The van der Waals surface area contributed by atoms with Crippen molar-refractivity contribution in [1.82, 2.24) is 10.2 Å². The second-order valence-corrected chi connectivity index (χ2v) is 4.35. The van der Waals surface area contributed by atoms with Crippen LogP contribution < -0.4 is 4.90 Å². The number of hydrogen-bond acceptors (Lipinski definition) is 3. The van der Waals surface area contributed by atoms with E-state index in [2.05, 4.69) is 10.2 Å². The summed E-state index contributed by atoms with van der Waals surface area (Å²) in [6.07, 6.45) is -4.29. The van der Waals surface area contributed by atoms with Crippen molar-refractivity contribution in [2.45, 2.75) is 13.1 Å². The van der Waals surface area contributed by atoms with Gasteiger partial charge in [0, 0.05) is 17.3 Å². The number of rotatable bonds is 3. The average Bonchev–Trinajstić information content (AvgIpc) is 2.36. The summed E-state index contributed by atoms with van der Waals surface area (Å²) in [7, 11) is 0. The highest BCUT2D eigenvalue weighted by atomic mass is 35.5. The minimum atomic E-state index is -4.29. The van der Waals surface area contributed by atoms with Gasteiger partial charge in [0.15, 0.2) is 11.0 Å². The summed E-state index contributed by atoms with van der Waals surface area (Å²) in [6, 6.07) is 6.87. The van der Waals surface area contributed by atoms with Gasteiger partial charge in [0.05, 0.1) is 0 Å². The van der Waals surface area contributed by atoms with Gasteiger partial charge in [0.1, 0.15) is 6.54 Å². The van der Waals surface area contributed by atoms with Crippen LogP contribution in [0.25, 0.3) is 10.8 Å². The van der Waals surface area contributed by atoms with Gasteiger partial charge in [0.25, 0.3) is 0 Å². The Morgan fingerprint density at radius 3 is 2.37 bits per heavy atom. The lowest BCUT2D eigenvalue weighted by atomic mass is 10.2. The van der Waals surface area contributed by atoms with E-state index >= 15 is 0 Å². The summed E-state index contributed by atoms with van der Waals surface area (Å²) in [6.45, 7) is 0.750. The van der Waals surface area contributed by atoms with Gasteiger partial charge in [-0.2, -0.15) is 13.2 Å². The molecule has 0 unspecified atom stereocenters. The molecule has 0 fully saturated rings. The third-order valence-corrected chi connectivity index (χ3v) is 2.95. The van der Waals surface area contributed by atoms with Gasteiger partial charge in [-0.15, -0.1) is 10.2 Å². The van der Waals surface area contributed by atoms with Gasteiger partial charge < -0.3 is 4.90 Å². The third kappa shape index (κ3) is 3.07. The molecule has 0 saturated carbocycles. The Kier molecular flexibility index (Phi) is 3.80. The largest absolute Gasteiger partial charge is 0.405 e. The molecule has 2 rings (SSSR count).